The average molecular weight is 486 g/mol. The number of nitrogens with one attached hydrogen (secondary N) is 2. The van der Waals surface area contributed by atoms with Crippen molar-refractivity contribution in [3.63, 3.8) is 0 Å². The molecule has 1 aliphatic carbocycles. The van der Waals surface area contributed by atoms with E-state index in [0.717, 1.165) is 19.4 Å². The van der Waals surface area contributed by atoms with Crippen LogP contribution in [0.1, 0.15) is 43.0 Å². The molecule has 1 saturated carbocycles. The van der Waals surface area contributed by atoms with Gasteiger partial charge < -0.3 is 15.0 Å². The van der Waals surface area contributed by atoms with Gasteiger partial charge in [0.1, 0.15) is 5.75 Å². The van der Waals surface area contributed by atoms with Crippen LogP contribution in [0.2, 0.25) is 0 Å². The third-order valence-electron chi connectivity index (χ3n) is 6.17. The SMILES string of the molecule is CCOc1ccc(NS(=O)(=O)c2ccc(C(=O)N3CCC[C@@H](C(=O)NCC4CC4)C3)cc2)cc1. The molecule has 1 atom stereocenters. The Morgan fingerprint density at radius 3 is 2.38 bits per heavy atom. The lowest BCUT2D eigenvalue weighted by Gasteiger charge is -2.32. The number of ether oxygens (including phenoxy) is 1. The zero-order valence-corrected chi connectivity index (χ0v) is 20.1. The number of benzene rings is 2. The third-order valence-corrected chi connectivity index (χ3v) is 7.57. The Morgan fingerprint density at radius 2 is 1.74 bits per heavy atom. The molecule has 34 heavy (non-hydrogen) atoms. The van der Waals surface area contributed by atoms with Gasteiger partial charge in [-0.2, -0.15) is 0 Å². The Labute approximate surface area is 200 Å². The fraction of sp³-hybridized carbons (Fsp3) is 0.440. The minimum Gasteiger partial charge on any atom is -0.494 e. The number of anilines is 1. The molecular weight excluding hydrogens is 454 g/mol. The molecule has 1 aliphatic heterocycles. The van der Waals surface area contributed by atoms with Crippen LogP contribution in [-0.4, -0.2) is 51.4 Å². The summed E-state index contributed by atoms with van der Waals surface area (Å²) in [6.07, 6.45) is 3.90. The summed E-state index contributed by atoms with van der Waals surface area (Å²) in [5.74, 6) is 0.904. The van der Waals surface area contributed by atoms with Crippen LogP contribution < -0.4 is 14.8 Å². The molecule has 182 valence electrons. The molecule has 0 aromatic heterocycles. The van der Waals surface area contributed by atoms with Crippen LogP contribution in [0, 0.1) is 11.8 Å². The number of carbonyl (C=O) groups excluding carboxylic acids is 2. The van der Waals surface area contributed by atoms with E-state index in [4.69, 9.17) is 4.74 Å². The van der Waals surface area contributed by atoms with E-state index in [1.165, 1.54) is 37.1 Å². The van der Waals surface area contributed by atoms with Gasteiger partial charge in [-0.25, -0.2) is 8.42 Å². The van der Waals surface area contributed by atoms with E-state index < -0.39 is 10.0 Å². The fourth-order valence-electron chi connectivity index (χ4n) is 4.05. The minimum absolute atomic E-state index is 0.0196. The fourth-order valence-corrected chi connectivity index (χ4v) is 5.10. The summed E-state index contributed by atoms with van der Waals surface area (Å²) in [5.41, 5.74) is 0.821. The second-order valence-electron chi connectivity index (χ2n) is 8.87. The molecule has 0 radical (unpaired) electrons. The highest BCUT2D eigenvalue weighted by Gasteiger charge is 2.30. The number of hydrogen-bond donors (Lipinski definition) is 2. The second-order valence-corrected chi connectivity index (χ2v) is 10.5. The first-order valence-corrected chi connectivity index (χ1v) is 13.3. The highest BCUT2D eigenvalue weighted by Crippen LogP contribution is 2.28. The van der Waals surface area contributed by atoms with Gasteiger partial charge in [0.05, 0.1) is 17.4 Å². The highest BCUT2D eigenvalue weighted by atomic mass is 32.2. The second kappa shape index (κ2) is 10.5. The molecule has 1 saturated heterocycles. The maximum absolute atomic E-state index is 13.0. The molecular formula is C25H31N3O5S. The molecule has 0 unspecified atom stereocenters. The Hall–Kier alpha value is -3.07. The van der Waals surface area contributed by atoms with Crippen molar-refractivity contribution in [1.82, 2.24) is 10.2 Å². The number of piperidine rings is 1. The molecule has 2 aromatic carbocycles. The van der Waals surface area contributed by atoms with Crippen molar-refractivity contribution in [2.75, 3.05) is 31.0 Å². The summed E-state index contributed by atoms with van der Waals surface area (Å²) < 4.78 is 33.4. The number of rotatable bonds is 9. The van der Waals surface area contributed by atoms with Crippen molar-refractivity contribution in [3.8, 4) is 5.75 Å². The van der Waals surface area contributed by atoms with E-state index in [1.54, 1.807) is 29.2 Å². The Balaban J connectivity index is 1.36. The van der Waals surface area contributed by atoms with Crippen LogP contribution in [-0.2, 0) is 14.8 Å². The van der Waals surface area contributed by atoms with Gasteiger partial charge in [0.2, 0.25) is 5.91 Å². The topological polar surface area (TPSA) is 105 Å². The van der Waals surface area contributed by atoms with E-state index >= 15 is 0 Å². The summed E-state index contributed by atoms with van der Waals surface area (Å²) in [5, 5.41) is 3.01. The minimum atomic E-state index is -3.80. The lowest BCUT2D eigenvalue weighted by atomic mass is 9.96. The van der Waals surface area contributed by atoms with Gasteiger partial charge >= 0.3 is 0 Å². The monoisotopic (exact) mass is 485 g/mol. The van der Waals surface area contributed by atoms with Crippen LogP contribution in [0.5, 0.6) is 5.75 Å². The maximum atomic E-state index is 13.0. The van der Waals surface area contributed by atoms with Gasteiger partial charge in [-0.15, -0.1) is 0 Å². The molecule has 2 aromatic rings. The summed E-state index contributed by atoms with van der Waals surface area (Å²) >= 11 is 0. The van der Waals surface area contributed by atoms with E-state index in [9.17, 15) is 18.0 Å². The molecule has 2 N–H and O–H groups in total. The van der Waals surface area contributed by atoms with E-state index in [-0.39, 0.29) is 22.6 Å². The van der Waals surface area contributed by atoms with Crippen molar-refractivity contribution < 1.29 is 22.7 Å². The molecule has 4 rings (SSSR count). The third kappa shape index (κ3) is 6.08. The van der Waals surface area contributed by atoms with Crippen molar-refractivity contribution >= 4 is 27.5 Å². The quantitative estimate of drug-likeness (QED) is 0.567. The van der Waals surface area contributed by atoms with Crippen LogP contribution in [0.3, 0.4) is 0 Å². The molecule has 2 amide bonds. The number of nitrogens with zero attached hydrogens (tertiary/aromatic N) is 1. The van der Waals surface area contributed by atoms with Gasteiger partial charge in [0, 0.05) is 30.9 Å². The summed E-state index contributed by atoms with van der Waals surface area (Å²) in [6, 6.07) is 12.5. The zero-order chi connectivity index (χ0) is 24.1. The lowest BCUT2D eigenvalue weighted by molar-refractivity contribution is -0.126. The largest absolute Gasteiger partial charge is 0.494 e. The molecule has 0 bridgehead atoms. The summed E-state index contributed by atoms with van der Waals surface area (Å²) in [6.45, 7) is 4.10. The predicted octanol–water partition coefficient (Wildman–Crippen LogP) is 3.26. The van der Waals surface area contributed by atoms with Crippen molar-refractivity contribution in [2.45, 2.75) is 37.5 Å². The maximum Gasteiger partial charge on any atom is 0.261 e. The van der Waals surface area contributed by atoms with Crippen molar-refractivity contribution in [1.29, 1.82) is 0 Å². The van der Waals surface area contributed by atoms with Gasteiger partial charge in [-0.1, -0.05) is 0 Å². The summed E-state index contributed by atoms with van der Waals surface area (Å²) in [7, 11) is -3.80. The number of likely N-dealkylation sites (tertiary alicyclic amines) is 1. The highest BCUT2D eigenvalue weighted by molar-refractivity contribution is 7.92. The smallest absolute Gasteiger partial charge is 0.261 e. The first kappa shape index (κ1) is 24.1. The Morgan fingerprint density at radius 1 is 1.03 bits per heavy atom. The van der Waals surface area contributed by atoms with Crippen LogP contribution in [0.15, 0.2) is 53.4 Å². The molecule has 9 heteroatoms. The molecule has 1 heterocycles. The first-order chi connectivity index (χ1) is 16.4. The number of sulfonamides is 1. The Bertz CT molecular complexity index is 1110. The van der Waals surface area contributed by atoms with Crippen LogP contribution >= 0.6 is 0 Å². The van der Waals surface area contributed by atoms with Crippen molar-refractivity contribution in [2.24, 2.45) is 11.8 Å². The predicted molar refractivity (Wildman–Crippen MR) is 129 cm³/mol. The zero-order valence-electron chi connectivity index (χ0n) is 19.3. The van der Waals surface area contributed by atoms with Gasteiger partial charge in [-0.05, 0) is 87.1 Å². The van der Waals surface area contributed by atoms with Crippen LogP contribution in [0.25, 0.3) is 0 Å². The molecule has 0 spiro atoms. The van der Waals surface area contributed by atoms with E-state index in [2.05, 4.69) is 10.0 Å². The van der Waals surface area contributed by atoms with Gasteiger partial charge in [0.15, 0.2) is 0 Å². The lowest BCUT2D eigenvalue weighted by Crippen LogP contribution is -2.45. The first-order valence-electron chi connectivity index (χ1n) is 11.8. The normalized spacial score (nSPS) is 18.3. The average Bonchev–Trinajstić information content (AvgIpc) is 3.68. The molecule has 2 fully saturated rings. The molecule has 2 aliphatic rings. The van der Waals surface area contributed by atoms with Crippen molar-refractivity contribution in [3.05, 3.63) is 54.1 Å². The molecule has 8 nitrogen and oxygen atoms in total. The Kier molecular flexibility index (Phi) is 7.41. The van der Waals surface area contributed by atoms with Gasteiger partial charge in [0.25, 0.3) is 15.9 Å². The van der Waals surface area contributed by atoms with E-state index in [0.29, 0.717) is 42.6 Å². The van der Waals surface area contributed by atoms with E-state index in [1.807, 2.05) is 6.92 Å². The van der Waals surface area contributed by atoms with Gasteiger partial charge in [-0.3, -0.25) is 14.3 Å². The number of hydrogen-bond acceptors (Lipinski definition) is 5. The van der Waals surface area contributed by atoms with Crippen LogP contribution in [0.4, 0.5) is 5.69 Å². The number of amides is 2. The number of carbonyl (C=O) groups is 2. The summed E-state index contributed by atoms with van der Waals surface area (Å²) in [4.78, 5) is 27.2. The standard InChI is InChI=1S/C25H31N3O5S/c1-2-33-22-11-9-21(10-12-22)27-34(31,32)23-13-7-19(8-14-23)25(30)28-15-3-4-20(17-28)24(29)26-16-18-5-6-18/h7-14,18,20,27H,2-6,15-17H2,1H3,(H,26,29)/t20-/m1/s1.